The fraction of sp³-hybridized carbons (Fsp3) is 0.222. The van der Waals surface area contributed by atoms with E-state index in [2.05, 4.69) is 9.97 Å². The highest BCUT2D eigenvalue weighted by molar-refractivity contribution is 5.92. The van der Waals surface area contributed by atoms with Crippen molar-refractivity contribution in [2.24, 2.45) is 0 Å². The molecule has 24 heavy (non-hydrogen) atoms. The van der Waals surface area contributed by atoms with Gasteiger partial charge in [0.25, 0.3) is 0 Å². The lowest BCUT2D eigenvalue weighted by molar-refractivity contribution is 0.0320. The zero-order valence-corrected chi connectivity index (χ0v) is 13.1. The van der Waals surface area contributed by atoms with Crippen molar-refractivity contribution in [2.75, 3.05) is 13.2 Å². The summed E-state index contributed by atoms with van der Waals surface area (Å²) in [6.45, 7) is 1.85. The summed E-state index contributed by atoms with van der Waals surface area (Å²) in [6, 6.07) is 14.7. The standard InChI is InChI=1S/C18H18N2O4/c21-18(22)14-6-7-15-16(10-14)20-17(19-15)12-24-9-8-23-11-13-4-2-1-3-5-13/h1-7,10H,8-9,11-12H2,(H,19,20)(H,21,22). The van der Waals surface area contributed by atoms with E-state index in [1.165, 1.54) is 6.07 Å². The lowest BCUT2D eigenvalue weighted by Gasteiger charge is -2.04. The molecule has 0 aliphatic heterocycles. The molecule has 1 heterocycles. The highest BCUT2D eigenvalue weighted by atomic mass is 16.5. The van der Waals surface area contributed by atoms with Crippen LogP contribution in [0.25, 0.3) is 11.0 Å². The van der Waals surface area contributed by atoms with Crippen LogP contribution in [-0.4, -0.2) is 34.3 Å². The molecule has 0 unspecified atom stereocenters. The molecule has 1 aromatic heterocycles. The second-order valence-electron chi connectivity index (χ2n) is 5.31. The molecule has 3 rings (SSSR count). The van der Waals surface area contributed by atoms with Crippen molar-refractivity contribution in [1.82, 2.24) is 9.97 Å². The van der Waals surface area contributed by atoms with Gasteiger partial charge in [-0.15, -0.1) is 0 Å². The molecule has 0 bridgehead atoms. The number of aromatic carboxylic acids is 1. The van der Waals surface area contributed by atoms with Crippen LogP contribution in [0.5, 0.6) is 0 Å². The summed E-state index contributed by atoms with van der Waals surface area (Å²) < 4.78 is 11.1. The van der Waals surface area contributed by atoms with Crippen molar-refractivity contribution in [2.45, 2.75) is 13.2 Å². The first-order valence-electron chi connectivity index (χ1n) is 7.64. The Morgan fingerprint density at radius 2 is 1.79 bits per heavy atom. The fourth-order valence-corrected chi connectivity index (χ4v) is 2.31. The molecule has 0 fully saturated rings. The average molecular weight is 326 g/mol. The summed E-state index contributed by atoms with van der Waals surface area (Å²) in [5.74, 6) is -0.296. The monoisotopic (exact) mass is 326 g/mol. The number of carbonyl (C=O) groups is 1. The minimum absolute atomic E-state index is 0.230. The summed E-state index contributed by atoms with van der Waals surface area (Å²) in [4.78, 5) is 18.4. The summed E-state index contributed by atoms with van der Waals surface area (Å²) in [5.41, 5.74) is 2.77. The van der Waals surface area contributed by atoms with E-state index >= 15 is 0 Å². The predicted octanol–water partition coefficient (Wildman–Crippen LogP) is 2.99. The van der Waals surface area contributed by atoms with Crippen molar-refractivity contribution in [3.63, 3.8) is 0 Å². The van der Waals surface area contributed by atoms with Gasteiger partial charge in [0.15, 0.2) is 0 Å². The summed E-state index contributed by atoms with van der Waals surface area (Å²) in [6.07, 6.45) is 0. The maximum Gasteiger partial charge on any atom is 0.335 e. The van der Waals surface area contributed by atoms with Gasteiger partial charge in [0.05, 0.1) is 36.4 Å². The van der Waals surface area contributed by atoms with Gasteiger partial charge in [-0.1, -0.05) is 30.3 Å². The molecular weight excluding hydrogens is 308 g/mol. The zero-order valence-electron chi connectivity index (χ0n) is 13.1. The molecular formula is C18H18N2O4. The second kappa shape index (κ2) is 7.72. The van der Waals surface area contributed by atoms with Crippen molar-refractivity contribution < 1.29 is 19.4 Å². The molecule has 2 N–H and O–H groups in total. The highest BCUT2D eigenvalue weighted by Gasteiger charge is 2.07. The van der Waals surface area contributed by atoms with Crippen LogP contribution in [0.4, 0.5) is 0 Å². The Morgan fingerprint density at radius 3 is 2.54 bits per heavy atom. The van der Waals surface area contributed by atoms with Crippen LogP contribution in [-0.2, 0) is 22.7 Å². The molecule has 0 saturated carbocycles. The molecule has 0 atom stereocenters. The average Bonchev–Trinajstić information content (AvgIpc) is 3.00. The number of fused-ring (bicyclic) bond motifs is 1. The topological polar surface area (TPSA) is 84.4 Å². The molecule has 6 nitrogen and oxygen atoms in total. The van der Waals surface area contributed by atoms with Gasteiger partial charge >= 0.3 is 5.97 Å². The minimum atomic E-state index is -0.958. The van der Waals surface area contributed by atoms with E-state index in [0.29, 0.717) is 37.8 Å². The molecule has 0 aliphatic rings. The van der Waals surface area contributed by atoms with Crippen LogP contribution in [0.3, 0.4) is 0 Å². The molecule has 0 spiro atoms. The molecule has 0 amide bonds. The summed E-state index contributed by atoms with van der Waals surface area (Å²) >= 11 is 0. The first-order chi connectivity index (χ1) is 11.7. The number of aromatic amines is 1. The van der Waals surface area contributed by atoms with Gasteiger partial charge in [-0.3, -0.25) is 0 Å². The third-order valence-corrected chi connectivity index (χ3v) is 3.50. The fourth-order valence-electron chi connectivity index (χ4n) is 2.31. The number of imidazole rings is 1. The number of carboxylic acids is 1. The van der Waals surface area contributed by atoms with Gasteiger partial charge in [-0.25, -0.2) is 9.78 Å². The van der Waals surface area contributed by atoms with Crippen LogP contribution in [0.2, 0.25) is 0 Å². The number of hydrogen-bond acceptors (Lipinski definition) is 4. The van der Waals surface area contributed by atoms with E-state index in [9.17, 15) is 4.79 Å². The van der Waals surface area contributed by atoms with E-state index in [1.807, 2.05) is 30.3 Å². The zero-order chi connectivity index (χ0) is 16.8. The predicted molar refractivity (Wildman–Crippen MR) is 88.8 cm³/mol. The van der Waals surface area contributed by atoms with Gasteiger partial charge in [0.2, 0.25) is 0 Å². The van der Waals surface area contributed by atoms with Crippen LogP contribution in [0, 0.1) is 0 Å². The Kier molecular flexibility index (Phi) is 5.20. The number of benzene rings is 2. The lowest BCUT2D eigenvalue weighted by atomic mass is 10.2. The van der Waals surface area contributed by atoms with E-state index in [-0.39, 0.29) is 5.56 Å². The molecule has 6 heteroatoms. The molecule has 0 saturated heterocycles. The molecule has 3 aromatic rings. The number of nitrogens with zero attached hydrogens (tertiary/aromatic N) is 1. The SMILES string of the molecule is O=C(O)c1ccc2nc(COCCOCc3ccccc3)[nH]c2c1. The first-order valence-corrected chi connectivity index (χ1v) is 7.64. The van der Waals surface area contributed by atoms with E-state index in [1.54, 1.807) is 12.1 Å². The number of aromatic nitrogens is 2. The van der Waals surface area contributed by atoms with Gasteiger partial charge in [0, 0.05) is 0 Å². The minimum Gasteiger partial charge on any atom is -0.478 e. The smallest absolute Gasteiger partial charge is 0.335 e. The quantitative estimate of drug-likeness (QED) is 0.622. The first kappa shape index (κ1) is 16.2. The Morgan fingerprint density at radius 1 is 1.04 bits per heavy atom. The number of carboxylic acid groups (broad SMARTS) is 1. The van der Waals surface area contributed by atoms with Gasteiger partial charge in [-0.05, 0) is 23.8 Å². The third-order valence-electron chi connectivity index (χ3n) is 3.50. The Bertz CT molecular complexity index is 814. The van der Waals surface area contributed by atoms with Crippen LogP contribution >= 0.6 is 0 Å². The normalized spacial score (nSPS) is 11.0. The second-order valence-corrected chi connectivity index (χ2v) is 5.31. The maximum absolute atomic E-state index is 11.0. The lowest BCUT2D eigenvalue weighted by Crippen LogP contribution is -2.05. The van der Waals surface area contributed by atoms with Crippen molar-refractivity contribution in [3.05, 3.63) is 65.5 Å². The van der Waals surface area contributed by atoms with Crippen molar-refractivity contribution >= 4 is 17.0 Å². The van der Waals surface area contributed by atoms with Crippen molar-refractivity contribution in [1.29, 1.82) is 0 Å². The van der Waals surface area contributed by atoms with Gasteiger partial charge in [-0.2, -0.15) is 0 Å². The van der Waals surface area contributed by atoms with E-state index < -0.39 is 5.97 Å². The van der Waals surface area contributed by atoms with Gasteiger partial charge in [0.1, 0.15) is 12.4 Å². The van der Waals surface area contributed by atoms with Crippen LogP contribution in [0.1, 0.15) is 21.7 Å². The van der Waals surface area contributed by atoms with Crippen LogP contribution in [0.15, 0.2) is 48.5 Å². The summed E-state index contributed by atoms with van der Waals surface area (Å²) in [5, 5.41) is 8.98. The van der Waals surface area contributed by atoms with Crippen LogP contribution < -0.4 is 0 Å². The Balaban J connectivity index is 1.43. The molecule has 0 aliphatic carbocycles. The Hall–Kier alpha value is -2.70. The molecule has 124 valence electrons. The number of ether oxygens (including phenoxy) is 2. The molecule has 2 aromatic carbocycles. The summed E-state index contributed by atoms with van der Waals surface area (Å²) in [7, 11) is 0. The number of H-pyrrole nitrogens is 1. The van der Waals surface area contributed by atoms with E-state index in [4.69, 9.17) is 14.6 Å². The number of hydrogen-bond donors (Lipinski definition) is 2. The molecule has 0 radical (unpaired) electrons. The largest absolute Gasteiger partial charge is 0.478 e. The number of rotatable bonds is 8. The number of nitrogens with one attached hydrogen (secondary N) is 1. The van der Waals surface area contributed by atoms with Gasteiger partial charge < -0.3 is 19.6 Å². The van der Waals surface area contributed by atoms with E-state index in [0.717, 1.165) is 11.1 Å². The maximum atomic E-state index is 11.0. The Labute approximate surface area is 139 Å². The van der Waals surface area contributed by atoms with Crippen molar-refractivity contribution in [3.8, 4) is 0 Å². The highest BCUT2D eigenvalue weighted by Crippen LogP contribution is 2.14. The third kappa shape index (κ3) is 4.18.